The average Bonchev–Trinajstić information content (AvgIpc) is 2.42. The molecular formula is C14H21NO5S. The van der Waals surface area contributed by atoms with Crippen molar-refractivity contribution in [2.24, 2.45) is 0 Å². The number of carbonyl (C=O) groups is 1. The van der Waals surface area contributed by atoms with Crippen LogP contribution >= 0.6 is 0 Å². The van der Waals surface area contributed by atoms with E-state index in [-0.39, 0.29) is 18.9 Å². The fraction of sp³-hybridized carbons (Fsp3) is 0.500. The Labute approximate surface area is 125 Å². The molecule has 7 heteroatoms. The number of hydrogen-bond acceptors (Lipinski definition) is 5. The summed E-state index contributed by atoms with van der Waals surface area (Å²) in [4.78, 5) is 12.9. The summed E-state index contributed by atoms with van der Waals surface area (Å²) >= 11 is 0. The molecule has 1 aromatic carbocycles. The summed E-state index contributed by atoms with van der Waals surface area (Å²) < 4.78 is 33.0. The van der Waals surface area contributed by atoms with E-state index in [1.165, 1.54) is 11.9 Å². The van der Waals surface area contributed by atoms with Crippen LogP contribution in [0.2, 0.25) is 0 Å². The molecule has 0 aliphatic carbocycles. The van der Waals surface area contributed by atoms with Gasteiger partial charge in [0.1, 0.15) is 6.61 Å². The zero-order valence-electron chi connectivity index (χ0n) is 12.5. The van der Waals surface area contributed by atoms with Crippen LogP contribution in [0.25, 0.3) is 0 Å². The van der Waals surface area contributed by atoms with E-state index in [1.807, 2.05) is 30.3 Å². The second kappa shape index (κ2) is 7.99. The standard InChI is InChI=1S/C14H21NO5S/c1-12(2)20-21(17,18)10-9-15(3)14(16)19-11-13-7-5-4-6-8-13/h4-8,12H,9-11H2,1-3H3. The fourth-order valence-electron chi connectivity index (χ4n) is 1.51. The summed E-state index contributed by atoms with van der Waals surface area (Å²) in [6.07, 6.45) is -0.982. The predicted octanol–water partition coefficient (Wildman–Crippen LogP) is 2.01. The van der Waals surface area contributed by atoms with Crippen molar-refractivity contribution < 1.29 is 22.1 Å². The van der Waals surface area contributed by atoms with E-state index in [4.69, 9.17) is 8.92 Å². The maximum Gasteiger partial charge on any atom is 0.409 e. The van der Waals surface area contributed by atoms with Crippen molar-refractivity contribution >= 4 is 16.2 Å². The van der Waals surface area contributed by atoms with E-state index in [2.05, 4.69) is 0 Å². The maximum absolute atomic E-state index is 11.7. The highest BCUT2D eigenvalue weighted by molar-refractivity contribution is 7.86. The van der Waals surface area contributed by atoms with E-state index in [9.17, 15) is 13.2 Å². The first-order valence-electron chi connectivity index (χ1n) is 6.63. The molecule has 0 saturated heterocycles. The molecule has 21 heavy (non-hydrogen) atoms. The van der Waals surface area contributed by atoms with E-state index in [0.717, 1.165) is 5.56 Å². The van der Waals surface area contributed by atoms with Crippen LogP contribution in [0.1, 0.15) is 19.4 Å². The minimum atomic E-state index is -3.63. The Kier molecular flexibility index (Phi) is 6.64. The van der Waals surface area contributed by atoms with Gasteiger partial charge in [-0.2, -0.15) is 8.42 Å². The first-order chi connectivity index (χ1) is 9.80. The van der Waals surface area contributed by atoms with Gasteiger partial charge in [0.25, 0.3) is 10.1 Å². The number of ether oxygens (including phenoxy) is 1. The zero-order chi connectivity index (χ0) is 15.9. The Morgan fingerprint density at radius 2 is 1.86 bits per heavy atom. The van der Waals surface area contributed by atoms with Crippen LogP contribution in [0, 0.1) is 0 Å². The van der Waals surface area contributed by atoms with Gasteiger partial charge in [-0.1, -0.05) is 30.3 Å². The van der Waals surface area contributed by atoms with Crippen molar-refractivity contribution in [1.29, 1.82) is 0 Å². The number of carbonyl (C=O) groups excluding carboxylic acids is 1. The van der Waals surface area contributed by atoms with Gasteiger partial charge in [-0.15, -0.1) is 0 Å². The molecule has 1 aromatic rings. The molecule has 0 fully saturated rings. The Balaban J connectivity index is 2.38. The highest BCUT2D eigenvalue weighted by Crippen LogP contribution is 2.04. The average molecular weight is 315 g/mol. The molecule has 118 valence electrons. The molecule has 0 N–H and O–H groups in total. The maximum atomic E-state index is 11.7. The predicted molar refractivity (Wildman–Crippen MR) is 79.3 cm³/mol. The lowest BCUT2D eigenvalue weighted by Gasteiger charge is -2.17. The summed E-state index contributed by atoms with van der Waals surface area (Å²) in [6.45, 7) is 3.44. The van der Waals surface area contributed by atoms with Gasteiger partial charge < -0.3 is 9.64 Å². The second-order valence-corrected chi connectivity index (χ2v) is 6.58. The summed E-state index contributed by atoms with van der Waals surface area (Å²) in [5.74, 6) is -0.262. The van der Waals surface area contributed by atoms with Gasteiger partial charge in [0.05, 0.1) is 11.9 Å². The molecule has 1 rings (SSSR count). The Bertz CT molecular complexity index is 542. The van der Waals surface area contributed by atoms with Gasteiger partial charge in [-0.25, -0.2) is 4.79 Å². The van der Waals surface area contributed by atoms with Crippen LogP contribution in [-0.4, -0.2) is 44.9 Å². The molecule has 0 heterocycles. The SMILES string of the molecule is CC(C)OS(=O)(=O)CCN(C)C(=O)OCc1ccccc1. The van der Waals surface area contributed by atoms with Crippen molar-refractivity contribution in [1.82, 2.24) is 4.90 Å². The molecule has 0 aliphatic rings. The second-order valence-electron chi connectivity index (χ2n) is 4.87. The molecule has 0 atom stereocenters. The third-order valence-corrected chi connectivity index (χ3v) is 3.89. The van der Waals surface area contributed by atoms with E-state index < -0.39 is 22.3 Å². The lowest BCUT2D eigenvalue weighted by Crippen LogP contribution is -2.33. The largest absolute Gasteiger partial charge is 0.445 e. The van der Waals surface area contributed by atoms with E-state index in [0.29, 0.717) is 0 Å². The Hall–Kier alpha value is -1.60. The van der Waals surface area contributed by atoms with Crippen LogP contribution in [0.3, 0.4) is 0 Å². The van der Waals surface area contributed by atoms with Crippen LogP contribution in [0.15, 0.2) is 30.3 Å². The van der Waals surface area contributed by atoms with Crippen LogP contribution in [0.4, 0.5) is 4.79 Å². The highest BCUT2D eigenvalue weighted by atomic mass is 32.2. The number of rotatable bonds is 7. The van der Waals surface area contributed by atoms with Crippen LogP contribution < -0.4 is 0 Å². The summed E-state index contributed by atoms with van der Waals surface area (Å²) in [5.41, 5.74) is 0.870. The van der Waals surface area contributed by atoms with Crippen molar-refractivity contribution in [3.63, 3.8) is 0 Å². The summed E-state index contributed by atoms with van der Waals surface area (Å²) in [7, 11) is -2.14. The lowest BCUT2D eigenvalue weighted by atomic mass is 10.2. The molecular weight excluding hydrogens is 294 g/mol. The molecule has 0 saturated carbocycles. The molecule has 6 nitrogen and oxygen atoms in total. The topological polar surface area (TPSA) is 72.9 Å². The first-order valence-corrected chi connectivity index (χ1v) is 8.20. The van der Waals surface area contributed by atoms with E-state index in [1.54, 1.807) is 13.8 Å². The van der Waals surface area contributed by atoms with Gasteiger partial charge >= 0.3 is 6.09 Å². The van der Waals surface area contributed by atoms with E-state index >= 15 is 0 Å². The minimum Gasteiger partial charge on any atom is -0.445 e. The number of hydrogen-bond donors (Lipinski definition) is 0. The van der Waals surface area contributed by atoms with Crippen molar-refractivity contribution in [2.75, 3.05) is 19.3 Å². The van der Waals surface area contributed by atoms with Crippen LogP contribution in [-0.2, 0) is 25.6 Å². The van der Waals surface area contributed by atoms with Crippen molar-refractivity contribution in [3.8, 4) is 0 Å². The molecule has 1 amide bonds. The number of benzene rings is 1. The normalized spacial score (nSPS) is 11.4. The lowest BCUT2D eigenvalue weighted by molar-refractivity contribution is 0.106. The first kappa shape index (κ1) is 17.5. The molecule has 0 aromatic heterocycles. The van der Waals surface area contributed by atoms with Gasteiger partial charge in [0.15, 0.2) is 0 Å². The monoisotopic (exact) mass is 315 g/mol. The smallest absolute Gasteiger partial charge is 0.409 e. The quantitative estimate of drug-likeness (QED) is 0.720. The summed E-state index contributed by atoms with van der Waals surface area (Å²) in [5, 5.41) is 0. The molecule has 0 spiro atoms. The Morgan fingerprint density at radius 3 is 2.43 bits per heavy atom. The number of nitrogens with zero attached hydrogens (tertiary/aromatic N) is 1. The molecule has 0 aliphatic heterocycles. The minimum absolute atomic E-state index is 0.0165. The van der Waals surface area contributed by atoms with Gasteiger partial charge in [0.2, 0.25) is 0 Å². The van der Waals surface area contributed by atoms with Crippen LogP contribution in [0.5, 0.6) is 0 Å². The molecule has 0 radical (unpaired) electrons. The zero-order valence-corrected chi connectivity index (χ0v) is 13.3. The Morgan fingerprint density at radius 1 is 1.24 bits per heavy atom. The van der Waals surface area contributed by atoms with Gasteiger partial charge in [-0.05, 0) is 19.4 Å². The summed E-state index contributed by atoms with van der Waals surface area (Å²) in [6, 6.07) is 9.25. The van der Waals surface area contributed by atoms with Gasteiger partial charge in [-0.3, -0.25) is 4.18 Å². The number of amides is 1. The van der Waals surface area contributed by atoms with Crippen molar-refractivity contribution in [2.45, 2.75) is 26.6 Å². The third-order valence-electron chi connectivity index (χ3n) is 2.53. The molecule has 0 bridgehead atoms. The fourth-order valence-corrected chi connectivity index (χ4v) is 2.69. The van der Waals surface area contributed by atoms with Gasteiger partial charge in [0, 0.05) is 13.6 Å². The van der Waals surface area contributed by atoms with Crippen molar-refractivity contribution in [3.05, 3.63) is 35.9 Å². The highest BCUT2D eigenvalue weighted by Gasteiger charge is 2.17. The molecule has 0 unspecified atom stereocenters. The third kappa shape index (κ3) is 7.10.